The predicted octanol–water partition coefficient (Wildman–Crippen LogP) is 8.27. The summed E-state index contributed by atoms with van der Waals surface area (Å²) in [5.74, 6) is 2.78. The standard InChI is InChI=1S/C32H49NO3/c1-21-24-12-14-32(7)25(30(24,5)19-22-20-33-36-26(21)22)10-9-23-11-13-28(2,3)15-16-29(4,27(34)35-8)17-18-31(23,32)6/h9,20-21,24-25H,10-19H2,1-8H3/t21-,24-,25+,29-,30-,31+,32+/m0/s1. The molecule has 0 amide bonds. The third-order valence-electron chi connectivity index (χ3n) is 12.5. The summed E-state index contributed by atoms with van der Waals surface area (Å²) in [5.41, 5.74) is 3.33. The van der Waals surface area contributed by atoms with Crippen LogP contribution in [-0.2, 0) is 16.0 Å². The molecule has 4 aliphatic rings. The topological polar surface area (TPSA) is 52.3 Å². The zero-order valence-electron chi connectivity index (χ0n) is 24.1. The molecule has 1 heterocycles. The minimum Gasteiger partial charge on any atom is -0.469 e. The first-order valence-electron chi connectivity index (χ1n) is 14.5. The van der Waals surface area contributed by atoms with Gasteiger partial charge in [-0.05, 0) is 105 Å². The number of ether oxygens (including phenoxy) is 1. The van der Waals surface area contributed by atoms with Gasteiger partial charge in [0.05, 0.1) is 18.7 Å². The summed E-state index contributed by atoms with van der Waals surface area (Å²) in [6.45, 7) is 17.1. The van der Waals surface area contributed by atoms with Crippen molar-refractivity contribution in [1.29, 1.82) is 0 Å². The summed E-state index contributed by atoms with van der Waals surface area (Å²) in [5, 5.41) is 4.21. The molecule has 0 spiro atoms. The van der Waals surface area contributed by atoms with Crippen molar-refractivity contribution in [3.05, 3.63) is 29.2 Å². The summed E-state index contributed by atoms with van der Waals surface area (Å²) in [6.07, 6.45) is 15.7. The molecule has 36 heavy (non-hydrogen) atoms. The fourth-order valence-electron chi connectivity index (χ4n) is 9.57. The molecule has 4 nitrogen and oxygen atoms in total. The molecule has 0 radical (unpaired) electrons. The van der Waals surface area contributed by atoms with E-state index >= 15 is 0 Å². The van der Waals surface area contributed by atoms with E-state index in [1.807, 2.05) is 6.20 Å². The summed E-state index contributed by atoms with van der Waals surface area (Å²) in [7, 11) is 1.56. The number of carbonyl (C=O) groups is 1. The molecule has 0 unspecified atom stereocenters. The lowest BCUT2D eigenvalue weighted by atomic mass is 9.37. The van der Waals surface area contributed by atoms with Crippen LogP contribution in [0.15, 0.2) is 22.4 Å². The number of nitrogens with zero attached hydrogens (tertiary/aromatic N) is 1. The highest BCUT2D eigenvalue weighted by atomic mass is 16.5. The summed E-state index contributed by atoms with van der Waals surface area (Å²) in [4.78, 5) is 13.1. The van der Waals surface area contributed by atoms with Crippen LogP contribution in [0.5, 0.6) is 0 Å². The molecule has 4 heteroatoms. The summed E-state index contributed by atoms with van der Waals surface area (Å²) < 4.78 is 11.1. The first-order valence-corrected chi connectivity index (χ1v) is 14.5. The number of aromatic nitrogens is 1. The monoisotopic (exact) mass is 495 g/mol. The van der Waals surface area contributed by atoms with Crippen LogP contribution in [0.4, 0.5) is 0 Å². The van der Waals surface area contributed by atoms with E-state index < -0.39 is 5.41 Å². The molecule has 7 atom stereocenters. The van der Waals surface area contributed by atoms with Crippen LogP contribution >= 0.6 is 0 Å². The molecule has 0 aliphatic heterocycles. The molecular formula is C32H49NO3. The molecule has 0 bridgehead atoms. The summed E-state index contributed by atoms with van der Waals surface area (Å²) in [6, 6.07) is 0. The lowest BCUT2D eigenvalue weighted by Gasteiger charge is -2.66. The fraction of sp³-hybridized carbons (Fsp3) is 0.812. The Bertz CT molecular complexity index is 1050. The minimum atomic E-state index is -0.418. The van der Waals surface area contributed by atoms with Gasteiger partial charge >= 0.3 is 5.97 Å². The SMILES string of the molecule is COC(=O)[C@@]1(C)CCC(C)(C)CCC2=CC[C@@H]3[C@@]4(C)Cc5cnoc5[C@@H](C)[C@@H]4CC[C@@]3(C)[C@]2(C)CC1. The normalized spacial score (nSPS) is 44.2. The van der Waals surface area contributed by atoms with Crippen LogP contribution in [0.1, 0.15) is 123 Å². The van der Waals surface area contributed by atoms with E-state index in [4.69, 9.17) is 9.26 Å². The molecule has 1 aromatic rings. The van der Waals surface area contributed by atoms with E-state index in [2.05, 4.69) is 59.7 Å². The molecular weight excluding hydrogens is 446 g/mol. The number of methoxy groups -OCH3 is 1. The number of rotatable bonds is 1. The van der Waals surface area contributed by atoms with Gasteiger partial charge in [0.25, 0.3) is 0 Å². The molecule has 200 valence electrons. The molecule has 0 saturated heterocycles. The quantitative estimate of drug-likeness (QED) is 0.290. The number of carbonyl (C=O) groups excluding carboxylic acids is 1. The highest BCUT2D eigenvalue weighted by Gasteiger charge is 2.64. The van der Waals surface area contributed by atoms with E-state index in [9.17, 15) is 4.79 Å². The van der Waals surface area contributed by atoms with E-state index in [0.29, 0.717) is 17.8 Å². The van der Waals surface area contributed by atoms with Gasteiger partial charge in [-0.2, -0.15) is 0 Å². The third-order valence-corrected chi connectivity index (χ3v) is 12.5. The molecule has 0 aromatic carbocycles. The van der Waals surface area contributed by atoms with Crippen LogP contribution in [-0.4, -0.2) is 18.2 Å². The maximum absolute atomic E-state index is 13.1. The Morgan fingerprint density at radius 2 is 1.75 bits per heavy atom. The Kier molecular flexibility index (Phi) is 6.12. The zero-order chi connectivity index (χ0) is 26.1. The highest BCUT2D eigenvalue weighted by Crippen LogP contribution is 2.71. The number of fused-ring (bicyclic) bond motifs is 6. The van der Waals surface area contributed by atoms with Gasteiger partial charge in [0.2, 0.25) is 0 Å². The highest BCUT2D eigenvalue weighted by molar-refractivity contribution is 5.76. The Morgan fingerprint density at radius 3 is 2.47 bits per heavy atom. The largest absolute Gasteiger partial charge is 0.469 e. The van der Waals surface area contributed by atoms with Crippen LogP contribution < -0.4 is 0 Å². The first kappa shape index (κ1) is 26.0. The predicted molar refractivity (Wildman–Crippen MR) is 143 cm³/mol. The average molecular weight is 496 g/mol. The molecule has 0 N–H and O–H groups in total. The van der Waals surface area contributed by atoms with Crippen molar-refractivity contribution >= 4 is 5.97 Å². The van der Waals surface area contributed by atoms with Gasteiger partial charge in [-0.3, -0.25) is 4.79 Å². The molecule has 1 aromatic heterocycles. The Balaban J connectivity index is 1.57. The smallest absolute Gasteiger partial charge is 0.311 e. The van der Waals surface area contributed by atoms with Crippen molar-refractivity contribution in [3.8, 4) is 0 Å². The van der Waals surface area contributed by atoms with E-state index in [1.54, 1.807) is 12.7 Å². The minimum absolute atomic E-state index is 0.0257. The van der Waals surface area contributed by atoms with Crippen LogP contribution in [0.3, 0.4) is 0 Å². The van der Waals surface area contributed by atoms with E-state index in [1.165, 1.54) is 37.7 Å². The van der Waals surface area contributed by atoms with Crippen LogP contribution in [0.25, 0.3) is 0 Å². The van der Waals surface area contributed by atoms with E-state index in [0.717, 1.165) is 37.9 Å². The average Bonchev–Trinajstić information content (AvgIpc) is 3.29. The van der Waals surface area contributed by atoms with Crippen molar-refractivity contribution < 1.29 is 14.1 Å². The summed E-state index contributed by atoms with van der Waals surface area (Å²) >= 11 is 0. The second-order valence-electron chi connectivity index (χ2n) is 14.8. The van der Waals surface area contributed by atoms with E-state index in [-0.39, 0.29) is 27.6 Å². The van der Waals surface area contributed by atoms with Crippen molar-refractivity contribution in [3.63, 3.8) is 0 Å². The second kappa shape index (κ2) is 8.46. The fourth-order valence-corrected chi connectivity index (χ4v) is 9.57. The van der Waals surface area contributed by atoms with Gasteiger partial charge in [-0.15, -0.1) is 0 Å². The Hall–Kier alpha value is -1.58. The number of esters is 1. The van der Waals surface area contributed by atoms with Crippen LogP contribution in [0, 0.1) is 38.9 Å². The Labute approximate surface area is 219 Å². The lowest BCUT2D eigenvalue weighted by Crippen LogP contribution is -2.59. The molecule has 5 rings (SSSR count). The lowest BCUT2D eigenvalue weighted by molar-refractivity contribution is -0.156. The number of hydrogen-bond acceptors (Lipinski definition) is 4. The van der Waals surface area contributed by atoms with Crippen molar-refractivity contribution in [2.75, 3.05) is 7.11 Å². The van der Waals surface area contributed by atoms with Crippen molar-refractivity contribution in [2.24, 2.45) is 38.9 Å². The Morgan fingerprint density at radius 1 is 1.03 bits per heavy atom. The first-order chi connectivity index (χ1) is 16.8. The van der Waals surface area contributed by atoms with Crippen LogP contribution in [0.2, 0.25) is 0 Å². The van der Waals surface area contributed by atoms with Gasteiger partial charge in [0, 0.05) is 11.5 Å². The third kappa shape index (κ3) is 3.67. The van der Waals surface area contributed by atoms with Crippen molar-refractivity contribution in [1.82, 2.24) is 5.16 Å². The van der Waals surface area contributed by atoms with Crippen molar-refractivity contribution in [2.45, 2.75) is 119 Å². The zero-order valence-corrected chi connectivity index (χ0v) is 24.1. The molecule has 2 fully saturated rings. The molecule has 2 saturated carbocycles. The number of hydrogen-bond donors (Lipinski definition) is 0. The van der Waals surface area contributed by atoms with Gasteiger partial charge in [-0.25, -0.2) is 0 Å². The maximum Gasteiger partial charge on any atom is 0.311 e. The molecule has 4 aliphatic carbocycles. The van der Waals surface area contributed by atoms with Gasteiger partial charge in [0.15, 0.2) is 0 Å². The van der Waals surface area contributed by atoms with Gasteiger partial charge in [-0.1, -0.05) is 58.3 Å². The second-order valence-corrected chi connectivity index (χ2v) is 14.8. The maximum atomic E-state index is 13.1. The van der Waals surface area contributed by atoms with Gasteiger partial charge < -0.3 is 9.26 Å². The van der Waals surface area contributed by atoms with Gasteiger partial charge in [0.1, 0.15) is 5.76 Å². The number of allylic oxidation sites excluding steroid dienone is 2.